The van der Waals surface area contributed by atoms with E-state index >= 15 is 0 Å². The second kappa shape index (κ2) is 29.7. The number of carbonyl (C=O) groups excluding carboxylic acids is 9. The third kappa shape index (κ3) is 24.2. The molecule has 0 heterocycles. The summed E-state index contributed by atoms with van der Waals surface area (Å²) in [6.45, 7) is 13.6. The molecule has 0 bridgehead atoms. The first-order valence-corrected chi connectivity index (χ1v) is 20.9. The van der Waals surface area contributed by atoms with Crippen LogP contribution in [0.3, 0.4) is 0 Å². The number of aliphatic hydroxyl groups excluding tert-OH is 1. The van der Waals surface area contributed by atoms with Crippen molar-refractivity contribution in [3.05, 3.63) is 12.2 Å². The fourth-order valence-corrected chi connectivity index (χ4v) is 5.62. The lowest BCUT2D eigenvalue weighted by atomic mass is 10.0. The van der Waals surface area contributed by atoms with Crippen LogP contribution < -0.4 is 71.2 Å². The summed E-state index contributed by atoms with van der Waals surface area (Å²) in [7, 11) is 0. The molecule has 9 amide bonds. The SMILES string of the molecule is C=C(C)C(=O)N[C@@H](C)C(=O)N[C@@H](CC(C)C)C(=O)N[C@@H](CCCN=C(N)N)C(=O)N[C@@H](CCCN=C(N)N)C(=O)N[C@@H](C)C(=O)N[C@@H](CO)C(=O)N[C@@H](CC(C)C)C(=O)NCC(N)=O. The predicted octanol–water partition coefficient (Wildman–Crippen LogP) is -5.21. The molecule has 0 aromatic carbocycles. The summed E-state index contributed by atoms with van der Waals surface area (Å²) < 4.78 is 0. The topological polar surface area (TPSA) is 425 Å². The smallest absolute Gasteiger partial charge is 0.246 e. The van der Waals surface area contributed by atoms with Crippen molar-refractivity contribution in [1.82, 2.24) is 42.5 Å². The van der Waals surface area contributed by atoms with Gasteiger partial charge in [-0.05, 0) is 71.1 Å². The second-order valence-electron chi connectivity index (χ2n) is 16.0. The number of carbonyl (C=O) groups is 9. The molecule has 0 aliphatic heterocycles. The summed E-state index contributed by atoms with van der Waals surface area (Å²) in [5, 5.41) is 29.9. The number of rotatable bonds is 30. The standard InChI is InChI=1S/C39H71N15O10/c1-19(2)15-26(33(60)47-17-29(40)56)53-37(64)28(18-55)54-32(59)23(8)49-34(61)24(11-9-13-45-38(41)42)50-35(62)25(12-10-14-46-39(43)44)51-36(63)27(16-20(3)4)52-31(58)22(7)48-30(57)21(5)6/h19-20,22-28,55H,5,9-18H2,1-4,6-8H3,(H2,40,56)(H,47,60)(H,48,57)(H,49,61)(H,50,62)(H,51,63)(H,52,58)(H,53,64)(H,54,59)(H4,41,42,45)(H4,43,44,46)/t22-,23-,24-,25-,26-,27-,28-/m0/s1. The van der Waals surface area contributed by atoms with Crippen molar-refractivity contribution in [2.24, 2.45) is 50.5 Å². The van der Waals surface area contributed by atoms with E-state index in [2.05, 4.69) is 59.1 Å². The van der Waals surface area contributed by atoms with Crippen molar-refractivity contribution < 1.29 is 48.3 Å². The van der Waals surface area contributed by atoms with Crippen molar-refractivity contribution in [2.45, 2.75) is 129 Å². The van der Waals surface area contributed by atoms with Crippen LogP contribution in [0, 0.1) is 11.8 Å². The van der Waals surface area contributed by atoms with Crippen LogP contribution in [0.4, 0.5) is 0 Å². The van der Waals surface area contributed by atoms with Gasteiger partial charge in [-0.1, -0.05) is 34.3 Å². The maximum atomic E-state index is 14.0. The average Bonchev–Trinajstić information content (AvgIpc) is 3.19. The zero-order valence-electron chi connectivity index (χ0n) is 37.9. The first kappa shape index (κ1) is 57.5. The first-order chi connectivity index (χ1) is 29.8. The Morgan fingerprint density at radius 2 is 0.875 bits per heavy atom. The third-order valence-electron chi connectivity index (χ3n) is 8.97. The molecule has 0 spiro atoms. The molecule has 0 unspecified atom stereocenters. The molecule has 25 nitrogen and oxygen atoms in total. The number of hydrogen-bond acceptors (Lipinski definition) is 12. The zero-order chi connectivity index (χ0) is 49.3. The molecular weight excluding hydrogens is 839 g/mol. The van der Waals surface area contributed by atoms with E-state index < -0.39 is 109 Å². The largest absolute Gasteiger partial charge is 0.394 e. The highest BCUT2D eigenvalue weighted by Crippen LogP contribution is 2.10. The molecular formula is C39H71N15O10. The van der Waals surface area contributed by atoms with E-state index in [0.717, 1.165) is 0 Å². The molecule has 362 valence electrons. The van der Waals surface area contributed by atoms with Gasteiger partial charge in [-0.3, -0.25) is 53.1 Å². The van der Waals surface area contributed by atoms with E-state index in [9.17, 15) is 48.3 Å². The van der Waals surface area contributed by atoms with Crippen LogP contribution in [0.1, 0.15) is 87.0 Å². The molecule has 0 aliphatic rings. The number of aliphatic imine (C=N–C) groups is 2. The predicted molar refractivity (Wildman–Crippen MR) is 238 cm³/mol. The molecule has 7 atom stereocenters. The molecule has 0 radical (unpaired) electrons. The van der Waals surface area contributed by atoms with Crippen LogP contribution in [0.15, 0.2) is 22.1 Å². The normalized spacial score (nSPS) is 14.1. The Bertz CT molecular complexity index is 1700. The van der Waals surface area contributed by atoms with Crippen molar-refractivity contribution in [1.29, 1.82) is 0 Å². The molecule has 0 rings (SSSR count). The monoisotopic (exact) mass is 910 g/mol. The Kier molecular flexibility index (Phi) is 26.7. The van der Waals surface area contributed by atoms with Gasteiger partial charge in [0.2, 0.25) is 53.2 Å². The van der Waals surface area contributed by atoms with Crippen LogP contribution in [0.25, 0.3) is 0 Å². The number of nitrogens with two attached hydrogens (primary N) is 5. The molecule has 19 N–H and O–H groups in total. The Morgan fingerprint density at radius 3 is 1.28 bits per heavy atom. The van der Waals surface area contributed by atoms with Gasteiger partial charge in [-0.25, -0.2) is 0 Å². The number of nitrogens with zero attached hydrogens (tertiary/aromatic N) is 2. The molecule has 0 aromatic heterocycles. The van der Waals surface area contributed by atoms with Crippen LogP contribution in [0.2, 0.25) is 0 Å². The Hall–Kier alpha value is -6.53. The Balaban J connectivity index is 6.37. The lowest BCUT2D eigenvalue weighted by Gasteiger charge is -2.27. The van der Waals surface area contributed by atoms with Crippen molar-refractivity contribution in [2.75, 3.05) is 26.2 Å². The van der Waals surface area contributed by atoms with Gasteiger partial charge < -0.3 is 76.3 Å². The number of aliphatic hydroxyl groups is 1. The molecule has 0 saturated carbocycles. The van der Waals surface area contributed by atoms with Crippen LogP contribution in [-0.2, 0) is 43.2 Å². The maximum absolute atomic E-state index is 14.0. The Morgan fingerprint density at radius 1 is 0.516 bits per heavy atom. The van der Waals surface area contributed by atoms with Crippen LogP contribution in [-0.4, -0.2) is 139 Å². The van der Waals surface area contributed by atoms with Crippen molar-refractivity contribution in [3.63, 3.8) is 0 Å². The van der Waals surface area contributed by atoms with Gasteiger partial charge in [0.25, 0.3) is 0 Å². The Labute approximate surface area is 373 Å². The van der Waals surface area contributed by atoms with Gasteiger partial charge in [-0.2, -0.15) is 0 Å². The quantitative estimate of drug-likeness (QED) is 0.0139. The fraction of sp³-hybridized carbons (Fsp3) is 0.667. The van der Waals surface area contributed by atoms with Gasteiger partial charge in [0, 0.05) is 18.7 Å². The summed E-state index contributed by atoms with van der Waals surface area (Å²) in [5.74, 6) is -7.72. The van der Waals surface area contributed by atoms with Crippen LogP contribution >= 0.6 is 0 Å². The van der Waals surface area contributed by atoms with Crippen LogP contribution in [0.5, 0.6) is 0 Å². The van der Waals surface area contributed by atoms with E-state index in [1.165, 1.54) is 20.8 Å². The van der Waals surface area contributed by atoms with Crippen molar-refractivity contribution in [3.8, 4) is 0 Å². The summed E-state index contributed by atoms with van der Waals surface area (Å²) in [4.78, 5) is 125. The highest BCUT2D eigenvalue weighted by molar-refractivity contribution is 5.99. The second-order valence-corrected chi connectivity index (χ2v) is 16.0. The third-order valence-corrected chi connectivity index (χ3v) is 8.97. The van der Waals surface area contributed by atoms with E-state index in [1.54, 1.807) is 13.8 Å². The number of amides is 9. The minimum atomic E-state index is -1.58. The lowest BCUT2D eigenvalue weighted by molar-refractivity contribution is -0.136. The molecule has 0 saturated heterocycles. The van der Waals surface area contributed by atoms with E-state index in [0.29, 0.717) is 0 Å². The zero-order valence-corrected chi connectivity index (χ0v) is 37.9. The number of hydrogen-bond donors (Lipinski definition) is 14. The van der Waals surface area contributed by atoms with Gasteiger partial charge in [0.05, 0.1) is 13.2 Å². The van der Waals surface area contributed by atoms with E-state index in [4.69, 9.17) is 28.7 Å². The van der Waals surface area contributed by atoms with Gasteiger partial charge in [-0.15, -0.1) is 0 Å². The minimum Gasteiger partial charge on any atom is -0.394 e. The maximum Gasteiger partial charge on any atom is 0.246 e. The summed E-state index contributed by atoms with van der Waals surface area (Å²) in [6.07, 6.45) is 0.484. The number of guanidine groups is 2. The van der Waals surface area contributed by atoms with E-state index in [-0.39, 0.29) is 80.9 Å². The van der Waals surface area contributed by atoms with Gasteiger partial charge >= 0.3 is 0 Å². The summed E-state index contributed by atoms with van der Waals surface area (Å²) in [5.41, 5.74) is 27.1. The minimum absolute atomic E-state index is 0.0433. The van der Waals surface area contributed by atoms with E-state index in [1.807, 2.05) is 13.8 Å². The summed E-state index contributed by atoms with van der Waals surface area (Å²) in [6, 6.07) is -8.97. The number of nitrogens with one attached hydrogen (secondary N) is 8. The molecule has 0 fully saturated rings. The summed E-state index contributed by atoms with van der Waals surface area (Å²) >= 11 is 0. The van der Waals surface area contributed by atoms with Gasteiger partial charge in [0.15, 0.2) is 11.9 Å². The fourth-order valence-electron chi connectivity index (χ4n) is 5.62. The van der Waals surface area contributed by atoms with Crippen molar-refractivity contribution >= 4 is 65.1 Å². The van der Waals surface area contributed by atoms with Gasteiger partial charge in [0.1, 0.15) is 42.3 Å². The average molecular weight is 910 g/mol. The highest BCUT2D eigenvalue weighted by atomic mass is 16.3. The number of primary amides is 1. The lowest BCUT2D eigenvalue weighted by Crippen LogP contribution is -2.60. The first-order valence-electron chi connectivity index (χ1n) is 20.9. The molecule has 25 heteroatoms. The molecule has 64 heavy (non-hydrogen) atoms. The molecule has 0 aromatic rings. The highest BCUT2D eigenvalue weighted by Gasteiger charge is 2.33. The molecule has 0 aliphatic carbocycles.